The Hall–Kier alpha value is -4.07. The summed E-state index contributed by atoms with van der Waals surface area (Å²) in [6.07, 6.45) is 0.450. The van der Waals surface area contributed by atoms with Crippen molar-refractivity contribution in [2.45, 2.75) is 12.8 Å². The lowest BCUT2D eigenvalue weighted by Crippen LogP contribution is -2.12. The summed E-state index contributed by atoms with van der Waals surface area (Å²) in [6, 6.07) is 15.5. The third-order valence-electron chi connectivity index (χ3n) is 4.98. The number of esters is 1. The van der Waals surface area contributed by atoms with Crippen molar-refractivity contribution in [1.29, 1.82) is 0 Å². The maximum atomic E-state index is 13.5. The molecule has 0 aliphatic rings. The maximum absolute atomic E-state index is 13.5. The van der Waals surface area contributed by atoms with Crippen LogP contribution in [0.5, 0.6) is 0 Å². The van der Waals surface area contributed by atoms with Crippen molar-refractivity contribution in [1.82, 2.24) is 10.2 Å². The topological polar surface area (TPSA) is 84.1 Å². The van der Waals surface area contributed by atoms with E-state index >= 15 is 0 Å². The molecule has 0 fully saturated rings. The number of benzene rings is 3. The highest BCUT2D eigenvalue weighted by molar-refractivity contribution is 6.07. The number of anilines is 1. The van der Waals surface area contributed by atoms with Gasteiger partial charge in [-0.05, 0) is 59.5 Å². The molecule has 0 bridgehead atoms. The molecule has 32 heavy (non-hydrogen) atoms. The van der Waals surface area contributed by atoms with Gasteiger partial charge in [-0.3, -0.25) is 14.7 Å². The van der Waals surface area contributed by atoms with Crippen molar-refractivity contribution in [3.8, 4) is 0 Å². The molecular weight excluding hydrogens is 416 g/mol. The minimum Gasteiger partial charge on any atom is -0.469 e. The Morgan fingerprint density at radius 1 is 0.938 bits per heavy atom. The van der Waals surface area contributed by atoms with Crippen molar-refractivity contribution in [2.75, 3.05) is 12.4 Å². The van der Waals surface area contributed by atoms with Gasteiger partial charge in [-0.2, -0.15) is 5.10 Å². The van der Waals surface area contributed by atoms with Gasteiger partial charge in [-0.25, -0.2) is 8.78 Å². The number of rotatable bonds is 6. The second-order valence-electron chi connectivity index (χ2n) is 7.31. The summed E-state index contributed by atoms with van der Waals surface area (Å²) in [6.45, 7) is 0. The number of hydrogen-bond donors (Lipinski definition) is 2. The molecule has 1 amide bonds. The Labute approximate surface area is 182 Å². The average Bonchev–Trinajstić information content (AvgIpc) is 3.15. The van der Waals surface area contributed by atoms with Crippen molar-refractivity contribution in [3.63, 3.8) is 0 Å². The molecule has 162 valence electrons. The fourth-order valence-electron chi connectivity index (χ4n) is 3.41. The quantitative estimate of drug-likeness (QED) is 0.440. The third-order valence-corrected chi connectivity index (χ3v) is 4.98. The summed E-state index contributed by atoms with van der Waals surface area (Å²) >= 11 is 0. The molecular formula is C24H19F2N3O3. The van der Waals surface area contributed by atoms with Crippen LogP contribution in [0, 0.1) is 11.6 Å². The molecule has 0 aliphatic heterocycles. The molecule has 1 heterocycles. The van der Waals surface area contributed by atoms with E-state index < -0.39 is 11.6 Å². The summed E-state index contributed by atoms with van der Waals surface area (Å²) in [4.78, 5) is 24.0. The van der Waals surface area contributed by atoms with Crippen LogP contribution < -0.4 is 5.32 Å². The monoisotopic (exact) mass is 435 g/mol. The van der Waals surface area contributed by atoms with E-state index in [1.54, 1.807) is 30.3 Å². The van der Waals surface area contributed by atoms with Gasteiger partial charge in [0.15, 0.2) is 5.82 Å². The number of nitrogens with one attached hydrogen (secondary N) is 2. The predicted octanol–water partition coefficient (Wildman–Crippen LogP) is 4.40. The minimum absolute atomic E-state index is 0.125. The highest BCUT2D eigenvalue weighted by Gasteiger charge is 2.13. The van der Waals surface area contributed by atoms with Crippen LogP contribution in [0.3, 0.4) is 0 Å². The number of ether oxygens (including phenoxy) is 1. The van der Waals surface area contributed by atoms with E-state index in [2.05, 4.69) is 20.3 Å². The molecule has 0 aliphatic carbocycles. The Kier molecular flexibility index (Phi) is 5.93. The van der Waals surface area contributed by atoms with Gasteiger partial charge in [0.2, 0.25) is 0 Å². The van der Waals surface area contributed by atoms with Gasteiger partial charge >= 0.3 is 5.97 Å². The molecule has 1 aromatic heterocycles. The molecule has 0 saturated heterocycles. The van der Waals surface area contributed by atoms with Crippen LogP contribution in [-0.4, -0.2) is 29.2 Å². The zero-order valence-electron chi connectivity index (χ0n) is 17.1. The Morgan fingerprint density at radius 3 is 2.31 bits per heavy atom. The standard InChI is InChI=1S/C24H19F2N3O3/c1-32-22(30)12-14-2-5-17(6-3-14)24(31)27-23-20-11-15(4-7-21(20)28-29-23)8-16-9-18(25)13-19(26)10-16/h2-7,9-11,13H,8,12H2,1H3,(H2,27,28,29,31). The highest BCUT2D eigenvalue weighted by Crippen LogP contribution is 2.24. The van der Waals surface area contributed by atoms with Gasteiger partial charge in [0, 0.05) is 17.0 Å². The summed E-state index contributed by atoms with van der Waals surface area (Å²) in [5, 5.41) is 10.5. The molecule has 4 aromatic rings. The number of hydrogen-bond acceptors (Lipinski definition) is 4. The summed E-state index contributed by atoms with van der Waals surface area (Å²) < 4.78 is 31.6. The largest absolute Gasteiger partial charge is 0.469 e. The van der Waals surface area contributed by atoms with Crippen LogP contribution in [0.4, 0.5) is 14.6 Å². The van der Waals surface area contributed by atoms with Gasteiger partial charge in [-0.1, -0.05) is 18.2 Å². The van der Waals surface area contributed by atoms with Gasteiger partial charge in [0.25, 0.3) is 5.91 Å². The molecule has 0 atom stereocenters. The van der Waals surface area contributed by atoms with Crippen molar-refractivity contribution in [2.24, 2.45) is 0 Å². The number of carbonyl (C=O) groups is 2. The van der Waals surface area contributed by atoms with Crippen LogP contribution in [-0.2, 0) is 22.4 Å². The van der Waals surface area contributed by atoms with E-state index in [-0.39, 0.29) is 18.3 Å². The van der Waals surface area contributed by atoms with Gasteiger partial charge < -0.3 is 10.1 Å². The molecule has 0 spiro atoms. The summed E-state index contributed by atoms with van der Waals surface area (Å²) in [5.41, 5.74) is 3.16. The Balaban J connectivity index is 1.52. The molecule has 6 nitrogen and oxygen atoms in total. The first-order chi connectivity index (χ1) is 15.4. The second-order valence-corrected chi connectivity index (χ2v) is 7.31. The summed E-state index contributed by atoms with van der Waals surface area (Å²) in [7, 11) is 1.32. The van der Waals surface area contributed by atoms with Crippen molar-refractivity contribution in [3.05, 3.63) is 94.6 Å². The van der Waals surface area contributed by atoms with Crippen LogP contribution in [0.2, 0.25) is 0 Å². The first-order valence-electron chi connectivity index (χ1n) is 9.80. The normalized spacial score (nSPS) is 10.8. The molecule has 8 heteroatoms. The van der Waals surface area contributed by atoms with Crippen molar-refractivity contribution < 1.29 is 23.1 Å². The van der Waals surface area contributed by atoms with E-state index in [1.165, 1.54) is 19.2 Å². The van der Waals surface area contributed by atoms with Gasteiger partial charge in [0.1, 0.15) is 11.6 Å². The maximum Gasteiger partial charge on any atom is 0.309 e. The fourth-order valence-corrected chi connectivity index (χ4v) is 3.41. The van der Waals surface area contributed by atoms with Gasteiger partial charge in [0.05, 0.1) is 19.0 Å². The number of nitrogens with zero attached hydrogens (tertiary/aromatic N) is 1. The van der Waals surface area contributed by atoms with Crippen molar-refractivity contribution >= 4 is 28.6 Å². The van der Waals surface area contributed by atoms with E-state index in [1.807, 2.05) is 12.1 Å². The number of amides is 1. The lowest BCUT2D eigenvalue weighted by atomic mass is 10.0. The molecule has 0 radical (unpaired) electrons. The average molecular weight is 435 g/mol. The SMILES string of the molecule is COC(=O)Cc1ccc(C(=O)Nc2n[nH]c3ccc(Cc4cc(F)cc(F)c4)cc23)cc1. The predicted molar refractivity (Wildman–Crippen MR) is 115 cm³/mol. The molecule has 4 rings (SSSR count). The zero-order valence-corrected chi connectivity index (χ0v) is 17.1. The third kappa shape index (κ3) is 4.80. The van der Waals surface area contributed by atoms with Crippen LogP contribution in [0.15, 0.2) is 60.7 Å². The van der Waals surface area contributed by atoms with E-state index in [0.717, 1.165) is 17.2 Å². The molecule has 0 saturated carbocycles. The van der Waals surface area contributed by atoms with Crippen LogP contribution in [0.25, 0.3) is 10.9 Å². The minimum atomic E-state index is -0.630. The smallest absolute Gasteiger partial charge is 0.309 e. The Morgan fingerprint density at radius 2 is 1.62 bits per heavy atom. The molecule has 3 aromatic carbocycles. The lowest BCUT2D eigenvalue weighted by molar-refractivity contribution is -0.139. The second kappa shape index (κ2) is 8.97. The van der Waals surface area contributed by atoms with Crippen LogP contribution >= 0.6 is 0 Å². The van der Waals surface area contributed by atoms with E-state index in [4.69, 9.17) is 0 Å². The van der Waals surface area contributed by atoms with Crippen LogP contribution in [0.1, 0.15) is 27.0 Å². The fraction of sp³-hybridized carbons (Fsp3) is 0.125. The number of H-pyrrole nitrogens is 1. The zero-order chi connectivity index (χ0) is 22.7. The lowest BCUT2D eigenvalue weighted by Gasteiger charge is -2.06. The number of aromatic nitrogens is 2. The first-order valence-corrected chi connectivity index (χ1v) is 9.80. The number of fused-ring (bicyclic) bond motifs is 1. The number of halogens is 2. The number of aromatic amines is 1. The first kappa shape index (κ1) is 21.2. The van der Waals surface area contributed by atoms with E-state index in [9.17, 15) is 18.4 Å². The summed E-state index contributed by atoms with van der Waals surface area (Å²) in [5.74, 6) is -1.64. The molecule has 2 N–H and O–H groups in total. The molecule has 0 unspecified atom stereocenters. The highest BCUT2D eigenvalue weighted by atomic mass is 19.1. The van der Waals surface area contributed by atoms with Gasteiger partial charge in [-0.15, -0.1) is 0 Å². The number of carbonyl (C=O) groups excluding carboxylic acids is 2. The number of methoxy groups -OCH3 is 1. The van der Waals surface area contributed by atoms with E-state index in [0.29, 0.717) is 34.3 Å². The Bertz CT molecular complexity index is 1280.